The van der Waals surface area contributed by atoms with E-state index in [9.17, 15) is 15.0 Å². The zero-order valence-electron chi connectivity index (χ0n) is 28.6. The van der Waals surface area contributed by atoms with Gasteiger partial charge >= 0.3 is 6.16 Å². The summed E-state index contributed by atoms with van der Waals surface area (Å²) in [6.45, 7) is 18.9. The number of rotatable bonds is 10. The summed E-state index contributed by atoms with van der Waals surface area (Å²) in [5.41, 5.74) is -2.37. The van der Waals surface area contributed by atoms with Crippen molar-refractivity contribution in [3.05, 3.63) is 35.8 Å². The van der Waals surface area contributed by atoms with Gasteiger partial charge in [-0.25, -0.2) is 4.79 Å². The molecular weight excluding hydrogens is 574 g/mol. The van der Waals surface area contributed by atoms with Crippen molar-refractivity contribution in [2.45, 2.75) is 122 Å². The maximum Gasteiger partial charge on any atom is 0.513 e. The zero-order valence-corrected chi connectivity index (χ0v) is 28.6. The van der Waals surface area contributed by atoms with Gasteiger partial charge in [-0.1, -0.05) is 40.3 Å². The third kappa shape index (κ3) is 5.48. The van der Waals surface area contributed by atoms with E-state index >= 15 is 0 Å². The molecule has 0 amide bonds. The van der Waals surface area contributed by atoms with Gasteiger partial charge in [0.2, 0.25) is 0 Å². The highest BCUT2D eigenvalue weighted by molar-refractivity contribution is 5.63. The molecule has 2 heterocycles. The molecule has 45 heavy (non-hydrogen) atoms. The number of nitrogens with zero attached hydrogens (tertiary/aromatic N) is 1. The molecule has 9 nitrogen and oxygen atoms in total. The van der Waals surface area contributed by atoms with Crippen molar-refractivity contribution >= 4 is 6.16 Å². The van der Waals surface area contributed by atoms with Crippen molar-refractivity contribution in [3.63, 3.8) is 0 Å². The first kappa shape index (κ1) is 34.4. The monoisotopic (exact) mass is 631 g/mol. The average molecular weight is 632 g/mol. The molecule has 3 N–H and O–H groups in total. The van der Waals surface area contributed by atoms with Crippen LogP contribution in [0.4, 0.5) is 4.79 Å². The van der Waals surface area contributed by atoms with E-state index in [-0.39, 0.29) is 36.2 Å². The minimum Gasteiger partial charge on any atom is -0.482 e. The molecule has 0 aromatic carbocycles. The first-order valence-electron chi connectivity index (χ1n) is 17.0. The van der Waals surface area contributed by atoms with Crippen LogP contribution in [0.15, 0.2) is 35.8 Å². The van der Waals surface area contributed by atoms with Crippen LogP contribution in [-0.4, -0.2) is 89.2 Å². The Balaban J connectivity index is 1.65. The molecule has 1 unspecified atom stereocenters. The topological polar surface area (TPSA) is 118 Å². The molecule has 3 bridgehead atoms. The lowest BCUT2D eigenvalue weighted by Crippen LogP contribution is -2.76. The predicted octanol–water partition coefficient (Wildman–Crippen LogP) is 5.49. The second-order valence-electron chi connectivity index (χ2n) is 15.7. The molecule has 254 valence electrons. The minimum absolute atomic E-state index is 0.0932. The lowest BCUT2D eigenvalue weighted by molar-refractivity contribution is -0.288. The Kier molecular flexibility index (Phi) is 9.39. The number of aliphatic hydroxyl groups excluding tert-OH is 2. The Morgan fingerprint density at radius 3 is 2.56 bits per heavy atom. The maximum atomic E-state index is 12.9. The molecule has 5 aliphatic rings. The van der Waals surface area contributed by atoms with E-state index in [2.05, 4.69) is 39.5 Å². The number of allylic oxidation sites excluding steroid dienone is 3. The maximum absolute atomic E-state index is 12.9. The normalized spacial score (nSPS) is 39.4. The fraction of sp³-hybridized carbons (Fsp3) is 0.806. The highest BCUT2D eigenvalue weighted by atomic mass is 16.7. The third-order valence-corrected chi connectivity index (χ3v) is 12.7. The van der Waals surface area contributed by atoms with Crippen molar-refractivity contribution in [3.8, 4) is 0 Å². The van der Waals surface area contributed by atoms with Gasteiger partial charge in [-0.2, -0.15) is 0 Å². The molecule has 0 aromatic rings. The number of hydrogen-bond donors (Lipinski definition) is 3. The van der Waals surface area contributed by atoms with Gasteiger partial charge in [0, 0.05) is 43.0 Å². The van der Waals surface area contributed by atoms with Gasteiger partial charge in [0.1, 0.15) is 11.7 Å². The SMILES string of the molecule is C=C1/C2=C(OC(=O)OCC[C@H](O)CO)\C=C/CC[C@H]3N(CC4CC4)CC[C@@]14[C@@H](O2)C(C)(OC)[C@@H]([C@](C)(O)C(C)(C)C)C[C@]34CC. The first-order valence-corrected chi connectivity index (χ1v) is 17.0. The number of hydrogen-bond acceptors (Lipinski definition) is 9. The second-order valence-corrected chi connectivity index (χ2v) is 15.7. The Hall–Kier alpha value is -1.91. The van der Waals surface area contributed by atoms with E-state index in [4.69, 9.17) is 30.6 Å². The molecule has 5 rings (SSSR count). The van der Waals surface area contributed by atoms with Crippen molar-refractivity contribution in [2.24, 2.45) is 28.1 Å². The van der Waals surface area contributed by atoms with E-state index in [1.807, 2.05) is 13.0 Å². The Labute approximate surface area is 269 Å². The summed E-state index contributed by atoms with van der Waals surface area (Å²) < 4.78 is 24.7. The van der Waals surface area contributed by atoms with Gasteiger partial charge in [-0.05, 0) is 88.2 Å². The Morgan fingerprint density at radius 1 is 1.24 bits per heavy atom. The number of fused-ring (bicyclic) bond motifs is 1. The largest absolute Gasteiger partial charge is 0.513 e. The molecule has 2 saturated carbocycles. The Bertz CT molecular complexity index is 1200. The summed E-state index contributed by atoms with van der Waals surface area (Å²) in [5.74, 6) is 1.18. The minimum atomic E-state index is -1.09. The number of aliphatic hydroxyl groups is 3. The second kappa shape index (κ2) is 12.3. The lowest BCUT2D eigenvalue weighted by Gasteiger charge is -2.70. The molecule has 0 radical (unpaired) electrons. The molecule has 3 aliphatic carbocycles. The summed E-state index contributed by atoms with van der Waals surface area (Å²) in [6.07, 6.45) is 8.36. The van der Waals surface area contributed by atoms with Crippen LogP contribution in [0.2, 0.25) is 0 Å². The van der Waals surface area contributed by atoms with Crippen LogP contribution >= 0.6 is 0 Å². The summed E-state index contributed by atoms with van der Waals surface area (Å²) in [5, 5.41) is 31.3. The van der Waals surface area contributed by atoms with E-state index in [0.29, 0.717) is 5.76 Å². The zero-order chi connectivity index (χ0) is 33.0. The van der Waals surface area contributed by atoms with Crippen molar-refractivity contribution in [1.29, 1.82) is 0 Å². The van der Waals surface area contributed by atoms with Crippen LogP contribution in [0, 0.1) is 28.1 Å². The third-order valence-electron chi connectivity index (χ3n) is 12.7. The number of methoxy groups -OCH3 is 1. The molecule has 1 spiro atoms. The van der Waals surface area contributed by atoms with E-state index in [0.717, 1.165) is 56.7 Å². The van der Waals surface area contributed by atoms with Gasteiger partial charge in [-0.3, -0.25) is 4.90 Å². The number of carbonyl (C=O) groups excluding carboxylic acids is 1. The molecular formula is C36H57NO8. The Morgan fingerprint density at radius 2 is 1.96 bits per heavy atom. The van der Waals surface area contributed by atoms with Crippen LogP contribution in [0.3, 0.4) is 0 Å². The molecule has 2 saturated heterocycles. The number of likely N-dealkylation sites (tertiary alicyclic amines) is 1. The fourth-order valence-electron chi connectivity index (χ4n) is 9.37. The van der Waals surface area contributed by atoms with Crippen LogP contribution in [0.5, 0.6) is 0 Å². The number of piperidine rings is 1. The fourth-order valence-corrected chi connectivity index (χ4v) is 9.37. The van der Waals surface area contributed by atoms with Crippen LogP contribution in [0.25, 0.3) is 0 Å². The van der Waals surface area contributed by atoms with Crippen molar-refractivity contribution < 1.29 is 39.1 Å². The predicted molar refractivity (Wildman–Crippen MR) is 171 cm³/mol. The number of carbonyl (C=O) groups is 1. The van der Waals surface area contributed by atoms with Crippen LogP contribution < -0.4 is 0 Å². The molecule has 2 aliphatic heterocycles. The lowest BCUT2D eigenvalue weighted by atomic mass is 9.39. The molecule has 9 heteroatoms. The first-order chi connectivity index (χ1) is 21.1. The summed E-state index contributed by atoms with van der Waals surface area (Å²) in [7, 11) is 1.72. The average Bonchev–Trinajstić information content (AvgIpc) is 3.75. The van der Waals surface area contributed by atoms with Gasteiger partial charge in [0.05, 0.1) is 24.9 Å². The van der Waals surface area contributed by atoms with Crippen molar-refractivity contribution in [1.82, 2.24) is 4.90 Å². The van der Waals surface area contributed by atoms with Gasteiger partial charge < -0.3 is 34.3 Å². The van der Waals surface area contributed by atoms with Crippen LogP contribution in [0.1, 0.15) is 92.9 Å². The van der Waals surface area contributed by atoms with Gasteiger partial charge in [0.25, 0.3) is 0 Å². The quantitative estimate of drug-likeness (QED) is 0.269. The molecule has 8 atom stereocenters. The summed E-state index contributed by atoms with van der Waals surface area (Å²) in [4.78, 5) is 15.6. The molecule has 0 aromatic heterocycles. The smallest absolute Gasteiger partial charge is 0.482 e. The molecule has 4 fully saturated rings. The summed E-state index contributed by atoms with van der Waals surface area (Å²) in [6, 6.07) is 0.258. The van der Waals surface area contributed by atoms with Crippen LogP contribution in [-0.2, 0) is 18.9 Å². The highest BCUT2D eigenvalue weighted by Crippen LogP contribution is 2.73. The number of ether oxygens (including phenoxy) is 4. The van der Waals surface area contributed by atoms with Gasteiger partial charge in [-0.15, -0.1) is 0 Å². The highest BCUT2D eigenvalue weighted by Gasteiger charge is 2.77. The standard InChI is InChI=1S/C36H57NO8/c1-9-35-20-27(34(7,41)32(3,4)5)33(6,42-8)30-36(35)17-18-37(21-24-14-15-24)28(35)13-11-10-12-26(29(45-30)23(36)2)44-31(40)43-19-16-25(39)22-38/h10,12,24-25,27-28,30,38-39,41H,2,9,11,13-22H2,1,3-8H3/b12-10-,29-26-/t25-,27-,28+,30-,33?,34-,35+,36-/m0/s1. The van der Waals surface area contributed by atoms with E-state index in [1.165, 1.54) is 12.8 Å². The van der Waals surface area contributed by atoms with Gasteiger partial charge in [0.15, 0.2) is 11.5 Å². The van der Waals surface area contributed by atoms with E-state index < -0.39 is 47.0 Å². The summed E-state index contributed by atoms with van der Waals surface area (Å²) >= 11 is 0. The van der Waals surface area contributed by atoms with Crippen molar-refractivity contribution in [2.75, 3.05) is 33.4 Å². The van der Waals surface area contributed by atoms with E-state index in [1.54, 1.807) is 13.2 Å².